The molecule has 1 unspecified atom stereocenters. The summed E-state index contributed by atoms with van der Waals surface area (Å²) in [7, 11) is 1.40. The maximum atomic E-state index is 13.7. The quantitative estimate of drug-likeness (QED) is 0.580. The minimum atomic E-state index is -1.70. The number of methoxy groups -OCH3 is 1. The van der Waals surface area contributed by atoms with Gasteiger partial charge < -0.3 is 20.7 Å². The van der Waals surface area contributed by atoms with Gasteiger partial charge in [-0.3, -0.25) is 19.3 Å². The molecule has 1 saturated heterocycles. The van der Waals surface area contributed by atoms with Crippen LogP contribution >= 0.6 is 0 Å². The van der Waals surface area contributed by atoms with E-state index in [-0.39, 0.29) is 18.5 Å². The second-order valence-corrected chi connectivity index (χ2v) is 7.51. The fourth-order valence-electron chi connectivity index (χ4n) is 3.52. The van der Waals surface area contributed by atoms with Gasteiger partial charge >= 0.3 is 6.03 Å². The van der Waals surface area contributed by atoms with Crippen LogP contribution in [-0.4, -0.2) is 48.9 Å². The molecular weight excluding hydrogens is 438 g/mol. The number of rotatable bonds is 8. The Morgan fingerprint density at radius 1 is 1.15 bits per heavy atom. The largest absolute Gasteiger partial charge is 0.495 e. The van der Waals surface area contributed by atoms with Gasteiger partial charge in [-0.1, -0.05) is 18.2 Å². The number of urea groups is 1. The molecule has 9 nitrogen and oxygen atoms in total. The third kappa shape index (κ3) is 4.61. The molecule has 1 fully saturated rings. The van der Waals surface area contributed by atoms with Crippen LogP contribution in [0.15, 0.2) is 42.5 Å². The Morgan fingerprint density at radius 2 is 1.85 bits per heavy atom. The monoisotopic (exact) mass is 460 g/mol. The van der Waals surface area contributed by atoms with Crippen molar-refractivity contribution in [2.45, 2.75) is 18.9 Å². The number of hydrogen-bond donors (Lipinski definition) is 2. The Balaban J connectivity index is 1.88. The zero-order valence-corrected chi connectivity index (χ0v) is 17.9. The Labute approximate surface area is 188 Å². The fraction of sp³-hybridized carbons (Fsp3) is 0.273. The smallest absolute Gasteiger partial charge is 0.325 e. The van der Waals surface area contributed by atoms with Gasteiger partial charge in [0.15, 0.2) is 11.6 Å². The van der Waals surface area contributed by atoms with E-state index in [4.69, 9.17) is 10.5 Å². The zero-order chi connectivity index (χ0) is 24.3. The normalized spacial score (nSPS) is 17.6. The predicted octanol–water partition coefficient (Wildman–Crippen LogP) is 1.65. The number of carbonyl (C=O) groups excluding carboxylic acids is 4. The first kappa shape index (κ1) is 23.6. The van der Waals surface area contributed by atoms with Crippen molar-refractivity contribution in [2.24, 2.45) is 5.73 Å². The van der Waals surface area contributed by atoms with Crippen molar-refractivity contribution in [3.63, 3.8) is 0 Å². The van der Waals surface area contributed by atoms with E-state index < -0.39 is 47.5 Å². The fourth-order valence-corrected chi connectivity index (χ4v) is 3.52. The highest BCUT2D eigenvalue weighted by molar-refractivity contribution is 6.10. The van der Waals surface area contributed by atoms with E-state index in [0.29, 0.717) is 16.3 Å². The van der Waals surface area contributed by atoms with Crippen molar-refractivity contribution in [2.75, 3.05) is 25.1 Å². The molecule has 2 aromatic carbocycles. The number of hydrogen-bond acceptors (Lipinski definition) is 5. The third-order valence-corrected chi connectivity index (χ3v) is 5.32. The van der Waals surface area contributed by atoms with Crippen LogP contribution in [-0.2, 0) is 19.9 Å². The van der Waals surface area contributed by atoms with E-state index in [1.165, 1.54) is 25.0 Å². The molecule has 0 saturated carbocycles. The van der Waals surface area contributed by atoms with Crippen molar-refractivity contribution < 1.29 is 32.7 Å². The molecule has 33 heavy (non-hydrogen) atoms. The number of imide groups is 1. The molecule has 1 aliphatic rings. The number of benzene rings is 2. The van der Waals surface area contributed by atoms with E-state index in [2.05, 4.69) is 5.32 Å². The molecule has 3 rings (SSSR count). The Morgan fingerprint density at radius 3 is 2.48 bits per heavy atom. The van der Waals surface area contributed by atoms with Crippen molar-refractivity contribution >= 4 is 29.4 Å². The Bertz CT molecular complexity index is 1130. The molecule has 11 heteroatoms. The van der Waals surface area contributed by atoms with E-state index in [1.54, 1.807) is 24.3 Å². The van der Waals surface area contributed by atoms with Crippen LogP contribution in [0.1, 0.15) is 18.9 Å². The second-order valence-electron chi connectivity index (χ2n) is 7.51. The van der Waals surface area contributed by atoms with Gasteiger partial charge in [-0.15, -0.1) is 0 Å². The number of amides is 5. The average molecular weight is 460 g/mol. The van der Waals surface area contributed by atoms with E-state index in [0.717, 1.165) is 12.1 Å². The van der Waals surface area contributed by atoms with Crippen molar-refractivity contribution in [3.8, 4) is 5.75 Å². The molecule has 3 N–H and O–H groups in total. The lowest BCUT2D eigenvalue weighted by atomic mass is 9.92. The van der Waals surface area contributed by atoms with Gasteiger partial charge in [0.25, 0.3) is 5.91 Å². The molecule has 174 valence electrons. The number of nitrogens with one attached hydrogen (secondary N) is 1. The minimum absolute atomic E-state index is 0.0185. The van der Waals surface area contributed by atoms with Crippen LogP contribution in [0.4, 0.5) is 19.3 Å². The number of primary amides is 1. The molecule has 1 aliphatic heterocycles. The van der Waals surface area contributed by atoms with Crippen LogP contribution in [0.25, 0.3) is 0 Å². The number of nitrogens with two attached hydrogens (primary N) is 1. The summed E-state index contributed by atoms with van der Waals surface area (Å²) in [6.45, 7) is 0.550. The lowest BCUT2D eigenvalue weighted by Crippen LogP contribution is -2.45. The van der Waals surface area contributed by atoms with Crippen LogP contribution < -0.4 is 20.7 Å². The summed E-state index contributed by atoms with van der Waals surface area (Å²) in [5.74, 6) is -4.10. The molecular formula is C22H22F2N4O5. The first-order chi connectivity index (χ1) is 15.6. The van der Waals surface area contributed by atoms with Gasteiger partial charge in [0.1, 0.15) is 17.8 Å². The average Bonchev–Trinajstić information content (AvgIpc) is 2.99. The number of ether oxygens (including phenoxy) is 1. The molecule has 1 heterocycles. The molecule has 0 spiro atoms. The highest BCUT2D eigenvalue weighted by Crippen LogP contribution is 2.31. The maximum absolute atomic E-state index is 13.7. The van der Waals surface area contributed by atoms with Crippen LogP contribution in [0.2, 0.25) is 0 Å². The minimum Gasteiger partial charge on any atom is -0.495 e. The summed E-state index contributed by atoms with van der Waals surface area (Å²) in [4.78, 5) is 52.0. The second kappa shape index (κ2) is 9.23. The van der Waals surface area contributed by atoms with E-state index in [1.807, 2.05) is 0 Å². The van der Waals surface area contributed by atoms with E-state index >= 15 is 0 Å². The third-order valence-electron chi connectivity index (χ3n) is 5.32. The molecule has 0 aliphatic carbocycles. The van der Waals surface area contributed by atoms with Gasteiger partial charge in [-0.05, 0) is 36.8 Å². The Hall–Kier alpha value is -4.02. The van der Waals surface area contributed by atoms with Crippen molar-refractivity contribution in [1.82, 2.24) is 10.2 Å². The molecule has 5 amide bonds. The summed E-state index contributed by atoms with van der Waals surface area (Å²) < 4.78 is 32.3. The molecule has 0 aromatic heterocycles. The van der Waals surface area contributed by atoms with Gasteiger partial charge in [0.05, 0.1) is 12.8 Å². The van der Waals surface area contributed by atoms with Gasteiger partial charge in [0.2, 0.25) is 11.8 Å². The van der Waals surface area contributed by atoms with Crippen LogP contribution in [0.3, 0.4) is 0 Å². The first-order valence-electron chi connectivity index (χ1n) is 9.89. The number of nitrogens with zero attached hydrogens (tertiary/aromatic N) is 2. The first-order valence-corrected chi connectivity index (χ1v) is 9.89. The molecule has 0 bridgehead atoms. The van der Waals surface area contributed by atoms with Crippen LogP contribution in [0, 0.1) is 11.6 Å². The lowest BCUT2D eigenvalue weighted by molar-refractivity contribution is -0.134. The molecule has 0 radical (unpaired) electrons. The SMILES string of the molecule is COc1ccccc1N(CCC(N)=O)C(=O)CN1C(=O)NC(C)(c2ccc(F)c(F)c2)C1=O. The highest BCUT2D eigenvalue weighted by Gasteiger charge is 2.50. The molecule has 2 aromatic rings. The maximum Gasteiger partial charge on any atom is 0.325 e. The van der Waals surface area contributed by atoms with E-state index in [9.17, 15) is 28.0 Å². The standard InChI is InChI=1S/C22H22F2N4O5/c1-22(13-7-8-14(23)15(24)11-13)20(31)28(21(32)26-22)12-19(30)27(10-9-18(25)29)16-5-3-4-6-17(16)33-2/h3-8,11H,9-10,12H2,1-2H3,(H2,25,29)(H,26,32). The van der Waals surface area contributed by atoms with Gasteiger partial charge in [-0.25, -0.2) is 13.6 Å². The lowest BCUT2D eigenvalue weighted by Gasteiger charge is -2.26. The summed E-state index contributed by atoms with van der Waals surface area (Å²) >= 11 is 0. The van der Waals surface area contributed by atoms with Gasteiger partial charge in [0, 0.05) is 13.0 Å². The summed E-state index contributed by atoms with van der Waals surface area (Å²) in [5, 5.41) is 2.43. The summed E-state index contributed by atoms with van der Waals surface area (Å²) in [6, 6.07) is 8.47. The predicted molar refractivity (Wildman–Crippen MR) is 113 cm³/mol. The highest BCUT2D eigenvalue weighted by atomic mass is 19.2. The molecule has 1 atom stereocenters. The topological polar surface area (TPSA) is 122 Å². The number of para-hydroxylation sites is 2. The van der Waals surface area contributed by atoms with Gasteiger partial charge in [-0.2, -0.15) is 0 Å². The Kier molecular flexibility index (Phi) is 6.61. The summed E-state index contributed by atoms with van der Waals surface area (Å²) in [6.07, 6.45) is -0.170. The van der Waals surface area contributed by atoms with Crippen molar-refractivity contribution in [1.29, 1.82) is 0 Å². The number of halogens is 2. The summed E-state index contributed by atoms with van der Waals surface area (Å²) in [5.41, 5.74) is 3.87. The van der Waals surface area contributed by atoms with Crippen LogP contribution in [0.5, 0.6) is 5.75 Å². The number of carbonyl (C=O) groups is 4. The van der Waals surface area contributed by atoms with Crippen molar-refractivity contribution in [3.05, 3.63) is 59.7 Å². The zero-order valence-electron chi connectivity index (χ0n) is 17.9. The number of anilines is 1.